The highest BCUT2D eigenvalue weighted by molar-refractivity contribution is 5.86. The van der Waals surface area contributed by atoms with Crippen LogP contribution in [-0.4, -0.2) is 57.1 Å². The van der Waals surface area contributed by atoms with Crippen LogP contribution in [0, 0.1) is 5.92 Å². The molecule has 9 nitrogen and oxygen atoms in total. The summed E-state index contributed by atoms with van der Waals surface area (Å²) in [4.78, 5) is 50.0. The molecule has 0 aliphatic heterocycles. The Morgan fingerprint density at radius 1 is 1.04 bits per heavy atom. The van der Waals surface area contributed by atoms with Gasteiger partial charge in [0.1, 0.15) is 0 Å². The molecule has 9 heteroatoms. The number of rotatable bonds is 15. The topological polar surface area (TPSA) is 123 Å². The van der Waals surface area contributed by atoms with E-state index in [9.17, 15) is 19.2 Å². The van der Waals surface area contributed by atoms with Crippen molar-refractivity contribution in [2.75, 3.05) is 32.8 Å². The van der Waals surface area contributed by atoms with Crippen molar-refractivity contribution in [3.05, 3.63) is 12.2 Å². The van der Waals surface area contributed by atoms with Crippen LogP contribution in [0.3, 0.4) is 0 Å². The number of nitrogens with one attached hydrogen (secondary N) is 1. The van der Waals surface area contributed by atoms with Gasteiger partial charge in [-0.15, -0.1) is 0 Å². The van der Waals surface area contributed by atoms with Crippen LogP contribution in [0.15, 0.2) is 22.1 Å². The maximum atomic E-state index is 11.5. The van der Waals surface area contributed by atoms with E-state index in [1.165, 1.54) is 12.2 Å². The van der Waals surface area contributed by atoms with Gasteiger partial charge in [0, 0.05) is 18.5 Å². The van der Waals surface area contributed by atoms with Gasteiger partial charge in [-0.1, -0.05) is 6.58 Å². The number of alkyl carbamates (subject to hydrolysis) is 1. The average Bonchev–Trinajstić information content (AvgIpc) is 2.65. The zero-order valence-electron chi connectivity index (χ0n) is 15.7. The van der Waals surface area contributed by atoms with Gasteiger partial charge in [0.25, 0.3) is 0 Å². The lowest BCUT2D eigenvalue weighted by Crippen LogP contribution is -2.26. The molecule has 0 aromatic carbocycles. The Balaban J connectivity index is 3.82. The maximum Gasteiger partial charge on any atom is 0.407 e. The largest absolute Gasteiger partial charge is 0.462 e. The first-order chi connectivity index (χ1) is 13.0. The van der Waals surface area contributed by atoms with Crippen molar-refractivity contribution in [1.82, 2.24) is 5.32 Å². The maximum absolute atomic E-state index is 11.5. The summed E-state index contributed by atoms with van der Waals surface area (Å²) in [5.74, 6) is -0.306. The van der Waals surface area contributed by atoms with E-state index >= 15 is 0 Å². The molecule has 0 rings (SSSR count). The number of aliphatic imine (C=N–C) groups is 2. The Labute approximate surface area is 158 Å². The highest BCUT2D eigenvalue weighted by Gasteiger charge is 2.09. The van der Waals surface area contributed by atoms with Crippen molar-refractivity contribution in [3.8, 4) is 0 Å². The fourth-order valence-electron chi connectivity index (χ4n) is 2.14. The number of hydrogen-bond donors (Lipinski definition) is 1. The molecule has 1 N–H and O–H groups in total. The summed E-state index contributed by atoms with van der Waals surface area (Å²) in [6, 6.07) is 0. The summed E-state index contributed by atoms with van der Waals surface area (Å²) in [6.07, 6.45) is 5.80. The molecular formula is C18H27N3O6. The molecule has 0 heterocycles. The minimum absolute atomic E-state index is 0.142. The van der Waals surface area contributed by atoms with Crippen LogP contribution in [-0.2, 0) is 23.9 Å². The average molecular weight is 381 g/mol. The van der Waals surface area contributed by atoms with E-state index in [0.29, 0.717) is 44.5 Å². The Morgan fingerprint density at radius 3 is 2.37 bits per heavy atom. The molecule has 0 saturated heterocycles. The highest BCUT2D eigenvalue weighted by Crippen LogP contribution is 2.14. The Kier molecular flexibility index (Phi) is 15.0. The van der Waals surface area contributed by atoms with E-state index in [2.05, 4.69) is 21.9 Å². The monoisotopic (exact) mass is 381 g/mol. The highest BCUT2D eigenvalue weighted by atomic mass is 16.6. The third-order valence-electron chi connectivity index (χ3n) is 3.52. The fraction of sp³-hybridized carbons (Fsp3) is 0.667. The molecule has 0 aromatic rings. The van der Waals surface area contributed by atoms with Crippen LogP contribution in [0.25, 0.3) is 0 Å². The minimum Gasteiger partial charge on any atom is -0.462 e. The van der Waals surface area contributed by atoms with Gasteiger partial charge >= 0.3 is 12.1 Å². The van der Waals surface area contributed by atoms with Crippen LogP contribution in [0.2, 0.25) is 0 Å². The molecule has 0 radical (unpaired) electrons. The molecule has 0 aliphatic rings. The van der Waals surface area contributed by atoms with Gasteiger partial charge < -0.3 is 14.8 Å². The van der Waals surface area contributed by atoms with E-state index < -0.39 is 12.1 Å². The predicted molar refractivity (Wildman–Crippen MR) is 97.7 cm³/mol. The van der Waals surface area contributed by atoms with Gasteiger partial charge in [0.05, 0.1) is 26.3 Å². The first-order valence-electron chi connectivity index (χ1n) is 8.81. The fourth-order valence-corrected chi connectivity index (χ4v) is 2.14. The number of ether oxygens (including phenoxy) is 2. The second-order valence-corrected chi connectivity index (χ2v) is 5.89. The van der Waals surface area contributed by atoms with Crippen LogP contribution >= 0.6 is 0 Å². The molecule has 1 unspecified atom stereocenters. The SMILES string of the molecule is C=C(C)C(=O)OCCCOC(=O)NCCCC(CCCN=C=O)CN=C=O. The quantitative estimate of drug-likeness (QED) is 0.152. The second-order valence-electron chi connectivity index (χ2n) is 5.89. The van der Waals surface area contributed by atoms with E-state index in [4.69, 9.17) is 9.47 Å². The molecule has 0 aliphatic carbocycles. The Bertz CT molecular complexity index is 565. The lowest BCUT2D eigenvalue weighted by atomic mass is 9.97. The standard InChI is InChI=1S/C18H27N3O6/c1-15(2)17(24)26-10-5-11-27-18(25)21-9-4-7-16(12-20-14-23)6-3-8-19-13-22/h16H,1,3-12H2,2H3,(H,21,25). The van der Waals surface area contributed by atoms with Gasteiger partial charge in [-0.2, -0.15) is 0 Å². The molecular weight excluding hydrogens is 354 g/mol. The smallest absolute Gasteiger partial charge is 0.407 e. The number of isocyanates is 2. The van der Waals surface area contributed by atoms with Gasteiger partial charge in [-0.3, -0.25) is 0 Å². The summed E-state index contributed by atoms with van der Waals surface area (Å²) in [5.41, 5.74) is 0.322. The molecule has 150 valence electrons. The molecule has 0 bridgehead atoms. The molecule has 0 fully saturated rings. The van der Waals surface area contributed by atoms with Crippen LogP contribution in [0.1, 0.15) is 39.0 Å². The summed E-state index contributed by atoms with van der Waals surface area (Å²) in [7, 11) is 0. The van der Waals surface area contributed by atoms with Crippen molar-refractivity contribution in [3.63, 3.8) is 0 Å². The molecule has 1 amide bonds. The zero-order chi connectivity index (χ0) is 20.3. The van der Waals surface area contributed by atoms with Crippen LogP contribution < -0.4 is 5.32 Å². The molecule has 0 saturated carbocycles. The van der Waals surface area contributed by atoms with Crippen LogP contribution in [0.5, 0.6) is 0 Å². The molecule has 27 heavy (non-hydrogen) atoms. The summed E-state index contributed by atoms with van der Waals surface area (Å²) < 4.78 is 9.84. The van der Waals surface area contributed by atoms with Crippen molar-refractivity contribution < 1.29 is 28.7 Å². The molecule has 1 atom stereocenters. The molecule has 0 aromatic heterocycles. The number of nitrogens with zero attached hydrogens (tertiary/aromatic N) is 2. The number of hydrogen-bond acceptors (Lipinski definition) is 8. The lowest BCUT2D eigenvalue weighted by molar-refractivity contribution is -0.139. The number of esters is 1. The number of amides is 1. The van der Waals surface area contributed by atoms with Gasteiger partial charge in [-0.05, 0) is 38.5 Å². The number of carbonyl (C=O) groups is 2. The first kappa shape index (κ1) is 24.2. The van der Waals surface area contributed by atoms with Gasteiger partial charge in [0.15, 0.2) is 0 Å². The second kappa shape index (κ2) is 16.7. The minimum atomic E-state index is -0.538. The summed E-state index contributed by atoms with van der Waals surface area (Å²) in [5, 5.41) is 2.63. The third-order valence-corrected chi connectivity index (χ3v) is 3.52. The van der Waals surface area contributed by atoms with E-state index in [1.54, 1.807) is 6.92 Å². The first-order valence-corrected chi connectivity index (χ1v) is 8.81. The van der Waals surface area contributed by atoms with Gasteiger partial charge in [-0.25, -0.2) is 29.2 Å². The predicted octanol–water partition coefficient (Wildman–Crippen LogP) is 2.07. The van der Waals surface area contributed by atoms with Crippen molar-refractivity contribution >= 4 is 24.2 Å². The molecule has 0 spiro atoms. The van der Waals surface area contributed by atoms with E-state index in [0.717, 1.165) is 12.8 Å². The van der Waals surface area contributed by atoms with Crippen molar-refractivity contribution in [1.29, 1.82) is 0 Å². The van der Waals surface area contributed by atoms with Crippen molar-refractivity contribution in [2.45, 2.75) is 39.0 Å². The van der Waals surface area contributed by atoms with Gasteiger partial charge in [0.2, 0.25) is 12.2 Å². The summed E-state index contributed by atoms with van der Waals surface area (Å²) >= 11 is 0. The number of carbonyl (C=O) groups excluding carboxylic acids is 4. The van der Waals surface area contributed by atoms with E-state index in [-0.39, 0.29) is 19.1 Å². The Morgan fingerprint density at radius 2 is 1.70 bits per heavy atom. The normalized spacial score (nSPS) is 10.7. The summed E-state index contributed by atoms with van der Waals surface area (Å²) in [6.45, 7) is 6.51. The lowest BCUT2D eigenvalue weighted by Gasteiger charge is -2.13. The zero-order valence-corrected chi connectivity index (χ0v) is 15.7. The Hall–Kier alpha value is -2.76. The van der Waals surface area contributed by atoms with E-state index in [1.807, 2.05) is 0 Å². The van der Waals surface area contributed by atoms with Crippen molar-refractivity contribution in [2.24, 2.45) is 15.9 Å². The third kappa shape index (κ3) is 15.2. The van der Waals surface area contributed by atoms with Crippen LogP contribution in [0.4, 0.5) is 4.79 Å².